The van der Waals surface area contributed by atoms with E-state index in [2.05, 4.69) is 15.9 Å². The van der Waals surface area contributed by atoms with Gasteiger partial charge >= 0.3 is 5.97 Å². The zero-order valence-electron chi connectivity index (χ0n) is 19.9. The average Bonchev–Trinajstić information content (AvgIpc) is 3.15. The number of hydrogen-bond donors (Lipinski definition) is 1. The molecule has 0 bridgehead atoms. The van der Waals surface area contributed by atoms with Crippen molar-refractivity contribution in [2.24, 2.45) is 4.99 Å². The summed E-state index contributed by atoms with van der Waals surface area (Å²) < 4.78 is 13.6. The Kier molecular flexibility index (Phi) is 8.02. The minimum absolute atomic E-state index is 0.0379. The molecule has 1 atom stereocenters. The van der Waals surface area contributed by atoms with Crippen LogP contribution >= 0.6 is 38.9 Å². The lowest BCUT2D eigenvalue weighted by molar-refractivity contribution is -0.139. The van der Waals surface area contributed by atoms with E-state index in [0.717, 1.165) is 10.9 Å². The van der Waals surface area contributed by atoms with Crippen molar-refractivity contribution in [3.8, 4) is 11.5 Å². The second-order valence-corrected chi connectivity index (χ2v) is 10.4. The van der Waals surface area contributed by atoms with E-state index in [-0.39, 0.29) is 23.5 Å². The topological polar surface area (TPSA) is 90.1 Å². The number of aromatic hydroxyl groups is 1. The lowest BCUT2D eigenvalue weighted by atomic mass is 9.93. The van der Waals surface area contributed by atoms with E-state index < -0.39 is 12.0 Å². The molecule has 0 radical (unpaired) electrons. The fourth-order valence-corrected chi connectivity index (χ4v) is 5.69. The molecular weight excluding hydrogens is 568 g/mol. The molecule has 0 fully saturated rings. The van der Waals surface area contributed by atoms with Crippen LogP contribution in [0.1, 0.15) is 43.9 Å². The summed E-state index contributed by atoms with van der Waals surface area (Å²) in [4.78, 5) is 32.3. The Balaban J connectivity index is 2.07. The van der Waals surface area contributed by atoms with E-state index in [4.69, 9.17) is 26.1 Å². The first-order valence-corrected chi connectivity index (χ1v) is 13.3. The van der Waals surface area contributed by atoms with Crippen molar-refractivity contribution in [1.29, 1.82) is 0 Å². The molecule has 1 N–H and O–H groups in total. The molecule has 0 spiro atoms. The van der Waals surface area contributed by atoms with E-state index in [1.807, 2.05) is 6.92 Å². The van der Waals surface area contributed by atoms with Gasteiger partial charge < -0.3 is 14.6 Å². The van der Waals surface area contributed by atoms with Gasteiger partial charge in [0.25, 0.3) is 5.56 Å². The minimum atomic E-state index is -0.853. The highest BCUT2D eigenvalue weighted by molar-refractivity contribution is 9.10. The first-order chi connectivity index (χ1) is 17.3. The van der Waals surface area contributed by atoms with Gasteiger partial charge in [-0.05, 0) is 55.8 Å². The summed E-state index contributed by atoms with van der Waals surface area (Å²) in [5.41, 5.74) is 1.51. The normalized spacial score (nSPS) is 15.5. The number of methoxy groups -OCH3 is 1. The molecular formula is C26H24BrClN2O5S. The number of phenolic OH excluding ortho intramolecular Hbond substituents is 1. The Morgan fingerprint density at radius 2 is 2.06 bits per heavy atom. The van der Waals surface area contributed by atoms with Crippen molar-refractivity contribution in [1.82, 2.24) is 4.57 Å². The molecule has 0 saturated carbocycles. The summed E-state index contributed by atoms with van der Waals surface area (Å²) in [5, 5.41) is 10.8. The summed E-state index contributed by atoms with van der Waals surface area (Å²) in [5.74, 6) is -0.0326. The molecule has 3 aromatic rings. The number of allylic oxidation sites excluding steroid dienone is 1. The molecule has 0 amide bonds. The summed E-state index contributed by atoms with van der Waals surface area (Å²) in [6.45, 7) is 3.89. The molecule has 36 heavy (non-hydrogen) atoms. The maximum absolute atomic E-state index is 13.8. The van der Waals surface area contributed by atoms with Crippen LogP contribution in [0.4, 0.5) is 0 Å². The number of carbonyl (C=O) groups excluding carboxylic acids is 1. The van der Waals surface area contributed by atoms with Crippen LogP contribution in [0.5, 0.6) is 11.5 Å². The number of nitrogens with zero attached hydrogens (tertiary/aromatic N) is 2. The predicted molar refractivity (Wildman–Crippen MR) is 143 cm³/mol. The van der Waals surface area contributed by atoms with Gasteiger partial charge in [0.1, 0.15) is 17.5 Å². The van der Waals surface area contributed by atoms with Gasteiger partial charge in [0, 0.05) is 20.6 Å². The molecule has 1 aromatic heterocycles. The molecule has 0 aliphatic carbocycles. The molecule has 10 heteroatoms. The highest BCUT2D eigenvalue weighted by atomic mass is 79.9. The number of aromatic nitrogens is 1. The van der Waals surface area contributed by atoms with Crippen molar-refractivity contribution in [2.45, 2.75) is 32.7 Å². The smallest absolute Gasteiger partial charge is 0.338 e. The highest BCUT2D eigenvalue weighted by Gasteiger charge is 2.36. The van der Waals surface area contributed by atoms with Crippen LogP contribution in [0.15, 0.2) is 61.9 Å². The lowest BCUT2D eigenvalue weighted by Crippen LogP contribution is -2.40. The third-order valence-corrected chi connectivity index (χ3v) is 7.37. The zero-order chi connectivity index (χ0) is 26.0. The zero-order valence-corrected chi connectivity index (χ0v) is 23.0. The van der Waals surface area contributed by atoms with Gasteiger partial charge in [-0.25, -0.2) is 9.79 Å². The number of ether oxygens (including phenoxy) is 2. The van der Waals surface area contributed by atoms with E-state index >= 15 is 0 Å². The van der Waals surface area contributed by atoms with Gasteiger partial charge in [0.15, 0.2) is 4.80 Å². The van der Waals surface area contributed by atoms with Gasteiger partial charge in [-0.2, -0.15) is 0 Å². The first-order valence-electron chi connectivity index (χ1n) is 11.3. The van der Waals surface area contributed by atoms with E-state index in [1.165, 1.54) is 23.0 Å². The van der Waals surface area contributed by atoms with Gasteiger partial charge in [0.2, 0.25) is 0 Å². The molecule has 0 saturated heterocycles. The van der Waals surface area contributed by atoms with Crippen molar-refractivity contribution in [3.05, 3.63) is 88.0 Å². The summed E-state index contributed by atoms with van der Waals surface area (Å²) in [7, 11) is 1.52. The van der Waals surface area contributed by atoms with Crippen molar-refractivity contribution in [2.75, 3.05) is 13.7 Å². The van der Waals surface area contributed by atoms with Crippen molar-refractivity contribution in [3.63, 3.8) is 0 Å². The maximum Gasteiger partial charge on any atom is 0.338 e. The van der Waals surface area contributed by atoms with Crippen LogP contribution in [-0.2, 0) is 9.53 Å². The average molecular weight is 592 g/mol. The monoisotopic (exact) mass is 590 g/mol. The minimum Gasteiger partial charge on any atom is -0.507 e. The van der Waals surface area contributed by atoms with E-state index in [9.17, 15) is 14.7 Å². The molecule has 2 aromatic carbocycles. The van der Waals surface area contributed by atoms with Gasteiger partial charge in [0.05, 0.1) is 29.5 Å². The summed E-state index contributed by atoms with van der Waals surface area (Å²) >= 11 is 10.9. The maximum atomic E-state index is 13.8. The summed E-state index contributed by atoms with van der Waals surface area (Å²) in [6.07, 6.45) is 2.87. The number of fused-ring (bicyclic) bond motifs is 1. The van der Waals surface area contributed by atoms with Crippen LogP contribution in [-0.4, -0.2) is 29.4 Å². The third kappa shape index (κ3) is 5.00. The third-order valence-electron chi connectivity index (χ3n) is 5.65. The molecule has 7 nitrogen and oxygen atoms in total. The second kappa shape index (κ2) is 11.0. The quantitative estimate of drug-likeness (QED) is 0.402. The van der Waals surface area contributed by atoms with Gasteiger partial charge in [-0.15, -0.1) is 0 Å². The van der Waals surface area contributed by atoms with Crippen molar-refractivity contribution < 1.29 is 19.4 Å². The number of halogens is 2. The number of hydrogen-bond acceptors (Lipinski definition) is 7. The van der Waals surface area contributed by atoms with Crippen LogP contribution in [0.25, 0.3) is 6.08 Å². The molecule has 2 heterocycles. The van der Waals surface area contributed by atoms with E-state index in [1.54, 1.807) is 49.4 Å². The lowest BCUT2D eigenvalue weighted by Gasteiger charge is -2.27. The molecule has 1 aliphatic rings. The van der Waals surface area contributed by atoms with Crippen LogP contribution < -0.4 is 19.6 Å². The number of thiazole rings is 1. The molecule has 4 rings (SSSR count). The molecule has 0 unspecified atom stereocenters. The second-order valence-electron chi connectivity index (χ2n) is 8.00. The standard InChI is InChI=1S/C26H24BrClN2O5S/c1-4-6-18-22(25(33)35-5-2)23(17-13-16(28)8-10-20(17)34-3)30-24(32)21(36-26(30)29-18)12-14-11-15(27)7-9-19(14)31/h7-13,23,31H,4-6H2,1-3H3/b21-12+/t23-/m1/s1. The van der Waals surface area contributed by atoms with Crippen molar-refractivity contribution >= 4 is 50.9 Å². The number of benzene rings is 2. The largest absolute Gasteiger partial charge is 0.507 e. The van der Waals surface area contributed by atoms with Gasteiger partial charge in [-0.1, -0.05) is 52.2 Å². The number of rotatable bonds is 7. The summed E-state index contributed by atoms with van der Waals surface area (Å²) in [6, 6.07) is 9.20. The molecule has 188 valence electrons. The van der Waals surface area contributed by atoms with Crippen LogP contribution in [0.3, 0.4) is 0 Å². The highest BCUT2D eigenvalue weighted by Crippen LogP contribution is 2.38. The van der Waals surface area contributed by atoms with Crippen LogP contribution in [0.2, 0.25) is 5.02 Å². The predicted octanol–water partition coefficient (Wildman–Crippen LogP) is 4.71. The van der Waals surface area contributed by atoms with Crippen LogP contribution in [0, 0.1) is 0 Å². The molecule has 1 aliphatic heterocycles. The Labute approximate surface area is 225 Å². The Morgan fingerprint density at radius 3 is 2.75 bits per heavy atom. The Morgan fingerprint density at radius 1 is 1.28 bits per heavy atom. The fraction of sp³-hybridized carbons (Fsp3) is 0.269. The fourth-order valence-electron chi connectivity index (χ4n) is 4.12. The Bertz CT molecular complexity index is 1540. The number of esters is 1. The SMILES string of the molecule is CCCC1=C(C(=O)OCC)[C@@H](c2cc(Cl)ccc2OC)n2c(s/c(=C/c3cc(Br)ccc3O)c2=O)=N1. The number of carbonyl (C=O) groups is 1. The van der Waals surface area contributed by atoms with Gasteiger partial charge in [-0.3, -0.25) is 9.36 Å². The first kappa shape index (κ1) is 26.2. The number of phenols is 1. The van der Waals surface area contributed by atoms with E-state index in [0.29, 0.717) is 43.4 Å². The Hall–Kier alpha value is -2.88.